The molecule has 2 N–H and O–H groups in total. The third kappa shape index (κ3) is 2.71. The second-order valence-electron chi connectivity index (χ2n) is 4.58. The van der Waals surface area contributed by atoms with Crippen molar-refractivity contribution in [3.05, 3.63) is 65.5 Å². The molecule has 0 radical (unpaired) electrons. The third-order valence-corrected chi connectivity index (χ3v) is 2.87. The molecule has 0 bridgehead atoms. The van der Waals surface area contributed by atoms with Gasteiger partial charge in [0.15, 0.2) is 0 Å². The summed E-state index contributed by atoms with van der Waals surface area (Å²) in [4.78, 5) is 3.70. The number of aromatic nitrogens is 1. The first kappa shape index (κ1) is 12.6. The minimum atomic E-state index is -0.856. The van der Waals surface area contributed by atoms with E-state index in [0.29, 0.717) is 12.0 Å². The molecule has 1 aromatic carbocycles. The maximum atomic E-state index is 13.6. The SMILES string of the molecule is CC(N)(Cc1ccc(F)cc1)c1ccncc1F. The van der Waals surface area contributed by atoms with Crippen molar-refractivity contribution in [2.75, 3.05) is 0 Å². The van der Waals surface area contributed by atoms with Crippen LogP contribution in [0, 0.1) is 11.6 Å². The summed E-state index contributed by atoms with van der Waals surface area (Å²) in [6, 6.07) is 7.61. The van der Waals surface area contributed by atoms with E-state index in [2.05, 4.69) is 4.98 Å². The van der Waals surface area contributed by atoms with Crippen LogP contribution in [0.3, 0.4) is 0 Å². The number of nitrogens with two attached hydrogens (primary N) is 1. The molecular weight excluding hydrogens is 234 g/mol. The lowest BCUT2D eigenvalue weighted by atomic mass is 9.87. The Balaban J connectivity index is 2.27. The topological polar surface area (TPSA) is 38.9 Å². The van der Waals surface area contributed by atoms with Gasteiger partial charge in [0.2, 0.25) is 0 Å². The van der Waals surface area contributed by atoms with Crippen LogP contribution in [0.5, 0.6) is 0 Å². The normalized spacial score (nSPS) is 14.2. The van der Waals surface area contributed by atoms with Crippen molar-refractivity contribution in [2.24, 2.45) is 5.73 Å². The number of rotatable bonds is 3. The summed E-state index contributed by atoms with van der Waals surface area (Å²) in [5.41, 5.74) is 6.55. The van der Waals surface area contributed by atoms with Gasteiger partial charge in [-0.1, -0.05) is 12.1 Å². The molecule has 18 heavy (non-hydrogen) atoms. The van der Waals surface area contributed by atoms with Crippen LogP contribution >= 0.6 is 0 Å². The fourth-order valence-electron chi connectivity index (χ4n) is 1.96. The van der Waals surface area contributed by atoms with Gasteiger partial charge in [0.1, 0.15) is 11.6 Å². The van der Waals surface area contributed by atoms with Crippen LogP contribution in [0.2, 0.25) is 0 Å². The first-order valence-electron chi connectivity index (χ1n) is 5.62. The van der Waals surface area contributed by atoms with Crippen molar-refractivity contribution in [2.45, 2.75) is 18.9 Å². The van der Waals surface area contributed by atoms with Gasteiger partial charge in [0.25, 0.3) is 0 Å². The maximum absolute atomic E-state index is 13.6. The van der Waals surface area contributed by atoms with Gasteiger partial charge in [0.05, 0.1) is 6.20 Å². The van der Waals surface area contributed by atoms with E-state index >= 15 is 0 Å². The number of pyridine rings is 1. The fourth-order valence-corrected chi connectivity index (χ4v) is 1.96. The lowest BCUT2D eigenvalue weighted by Gasteiger charge is -2.25. The summed E-state index contributed by atoms with van der Waals surface area (Å²) >= 11 is 0. The van der Waals surface area contributed by atoms with Gasteiger partial charge in [-0.15, -0.1) is 0 Å². The van der Waals surface area contributed by atoms with E-state index in [9.17, 15) is 8.78 Å². The monoisotopic (exact) mass is 248 g/mol. The van der Waals surface area contributed by atoms with Crippen molar-refractivity contribution in [3.8, 4) is 0 Å². The molecule has 0 spiro atoms. The number of halogens is 2. The number of nitrogens with zero attached hydrogens (tertiary/aromatic N) is 1. The molecule has 0 fully saturated rings. The summed E-state index contributed by atoms with van der Waals surface area (Å²) in [6.07, 6.45) is 3.08. The highest BCUT2D eigenvalue weighted by Crippen LogP contribution is 2.24. The van der Waals surface area contributed by atoms with Crippen LogP contribution < -0.4 is 5.73 Å². The molecule has 0 aliphatic carbocycles. The van der Waals surface area contributed by atoms with Crippen LogP contribution in [-0.2, 0) is 12.0 Å². The molecule has 94 valence electrons. The lowest BCUT2D eigenvalue weighted by Crippen LogP contribution is -2.36. The highest BCUT2D eigenvalue weighted by atomic mass is 19.1. The van der Waals surface area contributed by atoms with E-state index in [0.717, 1.165) is 11.8 Å². The average molecular weight is 248 g/mol. The van der Waals surface area contributed by atoms with E-state index in [1.54, 1.807) is 25.1 Å². The van der Waals surface area contributed by atoms with Crippen molar-refractivity contribution < 1.29 is 8.78 Å². The Morgan fingerprint density at radius 2 is 1.83 bits per heavy atom. The molecule has 2 rings (SSSR count). The van der Waals surface area contributed by atoms with Gasteiger partial charge in [0, 0.05) is 17.3 Å². The van der Waals surface area contributed by atoms with E-state index in [1.807, 2.05) is 0 Å². The molecule has 1 heterocycles. The summed E-state index contributed by atoms with van der Waals surface area (Å²) in [6.45, 7) is 1.74. The second-order valence-corrected chi connectivity index (χ2v) is 4.58. The van der Waals surface area contributed by atoms with Crippen molar-refractivity contribution in [1.82, 2.24) is 4.98 Å². The fraction of sp³-hybridized carbons (Fsp3) is 0.214. The van der Waals surface area contributed by atoms with E-state index in [1.165, 1.54) is 18.3 Å². The van der Waals surface area contributed by atoms with Gasteiger partial charge < -0.3 is 5.73 Å². The quantitative estimate of drug-likeness (QED) is 0.907. The Morgan fingerprint density at radius 1 is 1.17 bits per heavy atom. The third-order valence-electron chi connectivity index (χ3n) is 2.87. The first-order chi connectivity index (χ1) is 8.49. The van der Waals surface area contributed by atoms with Gasteiger partial charge in [-0.3, -0.25) is 4.98 Å². The van der Waals surface area contributed by atoms with Crippen molar-refractivity contribution >= 4 is 0 Å². The highest BCUT2D eigenvalue weighted by molar-refractivity contribution is 5.27. The highest BCUT2D eigenvalue weighted by Gasteiger charge is 2.25. The van der Waals surface area contributed by atoms with Crippen LogP contribution in [-0.4, -0.2) is 4.98 Å². The number of hydrogen-bond acceptors (Lipinski definition) is 2. The smallest absolute Gasteiger partial charge is 0.146 e. The zero-order valence-corrected chi connectivity index (χ0v) is 10.0. The Labute approximate surface area is 104 Å². The average Bonchev–Trinajstić information content (AvgIpc) is 2.32. The predicted octanol–water partition coefficient (Wildman–Crippen LogP) is 2.78. The Morgan fingerprint density at radius 3 is 2.44 bits per heavy atom. The molecule has 1 atom stereocenters. The van der Waals surface area contributed by atoms with Gasteiger partial charge in [-0.2, -0.15) is 0 Å². The van der Waals surface area contributed by atoms with Crippen LogP contribution in [0.4, 0.5) is 8.78 Å². The zero-order valence-electron chi connectivity index (χ0n) is 10.0. The Kier molecular flexibility index (Phi) is 3.39. The number of hydrogen-bond donors (Lipinski definition) is 1. The molecule has 1 unspecified atom stereocenters. The van der Waals surface area contributed by atoms with Gasteiger partial charge in [-0.05, 0) is 37.1 Å². The van der Waals surface area contributed by atoms with Crippen molar-refractivity contribution in [1.29, 1.82) is 0 Å². The molecule has 0 aliphatic heterocycles. The van der Waals surface area contributed by atoms with Crippen LogP contribution in [0.1, 0.15) is 18.1 Å². The minimum absolute atomic E-state index is 0.299. The molecule has 0 amide bonds. The Hall–Kier alpha value is -1.81. The molecule has 0 saturated heterocycles. The maximum Gasteiger partial charge on any atom is 0.146 e. The minimum Gasteiger partial charge on any atom is -0.321 e. The van der Waals surface area contributed by atoms with Crippen LogP contribution in [0.25, 0.3) is 0 Å². The summed E-state index contributed by atoms with van der Waals surface area (Å²) in [7, 11) is 0. The Bertz CT molecular complexity index is 536. The molecule has 4 heteroatoms. The summed E-state index contributed by atoms with van der Waals surface area (Å²) < 4.78 is 26.5. The summed E-state index contributed by atoms with van der Waals surface area (Å²) in [5.74, 6) is -0.725. The molecular formula is C14H14F2N2. The second kappa shape index (κ2) is 4.82. The van der Waals surface area contributed by atoms with E-state index < -0.39 is 11.4 Å². The zero-order chi connectivity index (χ0) is 13.2. The summed E-state index contributed by atoms with van der Waals surface area (Å²) in [5, 5.41) is 0. The largest absolute Gasteiger partial charge is 0.321 e. The van der Waals surface area contributed by atoms with E-state index in [-0.39, 0.29) is 5.82 Å². The number of benzene rings is 1. The molecule has 1 aromatic heterocycles. The molecule has 2 aromatic rings. The molecule has 2 nitrogen and oxygen atoms in total. The van der Waals surface area contributed by atoms with E-state index in [4.69, 9.17) is 5.73 Å². The van der Waals surface area contributed by atoms with Crippen molar-refractivity contribution in [3.63, 3.8) is 0 Å². The van der Waals surface area contributed by atoms with Gasteiger partial charge in [-0.25, -0.2) is 8.78 Å². The first-order valence-corrected chi connectivity index (χ1v) is 5.62. The van der Waals surface area contributed by atoms with Gasteiger partial charge >= 0.3 is 0 Å². The van der Waals surface area contributed by atoms with Crippen LogP contribution in [0.15, 0.2) is 42.7 Å². The lowest BCUT2D eigenvalue weighted by molar-refractivity contribution is 0.455. The molecule has 0 saturated carbocycles. The molecule has 0 aliphatic rings. The predicted molar refractivity (Wildman–Crippen MR) is 65.8 cm³/mol. The standard InChI is InChI=1S/C14H14F2N2/c1-14(17,12-6-7-18-9-13(12)16)8-10-2-4-11(15)5-3-10/h2-7,9H,8,17H2,1H3.